The zero-order valence-corrected chi connectivity index (χ0v) is 28.5. The number of nitrogens with zero attached hydrogens (tertiary/aromatic N) is 2. The molecule has 1 atom stereocenters. The van der Waals surface area contributed by atoms with E-state index in [0.29, 0.717) is 19.0 Å². The molecule has 1 aliphatic heterocycles. The molecule has 0 saturated carbocycles. The molecule has 3 amide bonds. The summed E-state index contributed by atoms with van der Waals surface area (Å²) in [6.45, 7) is 0. The van der Waals surface area contributed by atoms with E-state index in [-0.39, 0.29) is 53.5 Å². The van der Waals surface area contributed by atoms with Crippen LogP contribution >= 0.6 is 110 Å². The quantitative estimate of drug-likeness (QED) is 0.0781. The van der Waals surface area contributed by atoms with E-state index in [4.69, 9.17) is 46.4 Å². The molecule has 0 aromatic heterocycles. The second-order valence-corrected chi connectivity index (χ2v) is 12.9. The molecular formula is C25H12Br4Cl4N2O4. The number of imide groups is 1. The Morgan fingerprint density at radius 3 is 1.79 bits per heavy atom. The number of Topliss-reactive ketones (excluding diaryl/α,β-unsaturated/α-hetero) is 1. The van der Waals surface area contributed by atoms with Crippen LogP contribution in [0.5, 0.6) is 0 Å². The molecule has 0 fully saturated rings. The highest BCUT2D eigenvalue weighted by Gasteiger charge is 2.49. The normalized spacial score (nSPS) is 13.5. The average Bonchev–Trinajstić information content (AvgIpc) is 3.15. The highest BCUT2D eigenvalue weighted by atomic mass is 79.9. The number of hydrogen-bond acceptors (Lipinski definition) is 4. The van der Waals surface area contributed by atoms with Crippen molar-refractivity contribution in [3.63, 3.8) is 0 Å². The SMILES string of the molecule is O=C(c1ccc(Cl)cc1)[C@@H](CCCl)N(C(=O)c1ccc(Cl)cc1Cl)N1C(=O)c2c(Br)c(Br)c(Br)c(Br)c2C1=O. The van der Waals surface area contributed by atoms with Crippen molar-refractivity contribution in [1.82, 2.24) is 10.0 Å². The van der Waals surface area contributed by atoms with E-state index in [9.17, 15) is 19.2 Å². The van der Waals surface area contributed by atoms with Crippen LogP contribution in [0.25, 0.3) is 0 Å². The standard InChI is InChI=1S/C25H12Br4Cl4N2O4/c26-18-16-17(19(27)21(29)20(18)28)25(39)35(24(16)38)34(23(37)13-6-5-12(32)9-14(13)33)15(7-8-30)22(36)10-1-3-11(31)4-2-10/h1-6,9,15H,7-8H2/t15-/m1/s1. The fourth-order valence-electron chi connectivity index (χ4n) is 3.97. The molecule has 202 valence electrons. The minimum atomic E-state index is -1.37. The largest absolute Gasteiger partial charge is 0.292 e. The Bertz CT molecular complexity index is 1510. The van der Waals surface area contributed by atoms with Crippen LogP contribution in [-0.2, 0) is 0 Å². The van der Waals surface area contributed by atoms with Crippen molar-refractivity contribution in [3.05, 3.63) is 97.7 Å². The lowest BCUT2D eigenvalue weighted by molar-refractivity contribution is -0.00964. The molecule has 0 N–H and O–H groups in total. The van der Waals surface area contributed by atoms with Crippen LogP contribution in [0.3, 0.4) is 0 Å². The summed E-state index contributed by atoms with van der Waals surface area (Å²) in [5.41, 5.74) is 0.0941. The van der Waals surface area contributed by atoms with Crippen molar-refractivity contribution >= 4 is 134 Å². The summed E-state index contributed by atoms with van der Waals surface area (Å²) in [6.07, 6.45) is -0.0941. The summed E-state index contributed by atoms with van der Waals surface area (Å²) in [5.74, 6) is -3.19. The van der Waals surface area contributed by atoms with Crippen LogP contribution in [0.4, 0.5) is 0 Å². The molecule has 3 aromatic rings. The van der Waals surface area contributed by atoms with E-state index in [2.05, 4.69) is 63.7 Å². The molecule has 3 aromatic carbocycles. The number of carbonyl (C=O) groups excluding carboxylic acids is 4. The molecule has 0 radical (unpaired) electrons. The van der Waals surface area contributed by atoms with Crippen molar-refractivity contribution in [3.8, 4) is 0 Å². The highest BCUT2D eigenvalue weighted by molar-refractivity contribution is 9.15. The molecule has 0 bridgehead atoms. The minimum absolute atomic E-state index is 0.00878. The van der Waals surface area contributed by atoms with Gasteiger partial charge in [0.05, 0.1) is 21.7 Å². The van der Waals surface area contributed by atoms with E-state index < -0.39 is 29.5 Å². The topological polar surface area (TPSA) is 74.8 Å². The molecule has 1 aliphatic rings. The molecule has 0 spiro atoms. The summed E-state index contributed by atoms with van der Waals surface area (Å²) < 4.78 is 1.49. The van der Waals surface area contributed by atoms with E-state index >= 15 is 0 Å². The maximum absolute atomic E-state index is 14.1. The number of ketones is 1. The number of carbonyl (C=O) groups is 4. The lowest BCUT2D eigenvalue weighted by Crippen LogP contribution is -2.57. The molecule has 6 nitrogen and oxygen atoms in total. The Morgan fingerprint density at radius 2 is 1.31 bits per heavy atom. The van der Waals surface area contributed by atoms with Crippen LogP contribution in [0.1, 0.15) is 47.9 Å². The number of alkyl halides is 1. The third-order valence-electron chi connectivity index (χ3n) is 5.77. The number of fused-ring (bicyclic) bond motifs is 1. The Morgan fingerprint density at radius 1 is 0.795 bits per heavy atom. The predicted molar refractivity (Wildman–Crippen MR) is 165 cm³/mol. The van der Waals surface area contributed by atoms with E-state index in [1.54, 1.807) is 0 Å². The average molecular weight is 866 g/mol. The van der Waals surface area contributed by atoms with Gasteiger partial charge in [0.15, 0.2) is 5.78 Å². The monoisotopic (exact) mass is 860 g/mol. The molecular weight excluding hydrogens is 854 g/mol. The Balaban J connectivity index is 1.94. The van der Waals surface area contributed by atoms with E-state index in [1.165, 1.54) is 42.5 Å². The van der Waals surface area contributed by atoms with Gasteiger partial charge in [0.1, 0.15) is 6.04 Å². The smallest absolute Gasteiger partial charge is 0.282 e. The third kappa shape index (κ3) is 5.73. The van der Waals surface area contributed by atoms with Gasteiger partial charge >= 0.3 is 0 Å². The lowest BCUT2D eigenvalue weighted by atomic mass is 10.0. The zero-order chi connectivity index (χ0) is 28.8. The highest BCUT2D eigenvalue weighted by Crippen LogP contribution is 2.46. The maximum atomic E-state index is 14.1. The molecule has 0 saturated heterocycles. The minimum Gasteiger partial charge on any atom is -0.292 e. The molecule has 4 rings (SSSR count). The van der Waals surface area contributed by atoms with Gasteiger partial charge in [-0.1, -0.05) is 34.8 Å². The summed E-state index contributed by atoms with van der Waals surface area (Å²) >= 11 is 38.0. The van der Waals surface area contributed by atoms with Crippen molar-refractivity contribution in [2.45, 2.75) is 12.5 Å². The number of benzene rings is 3. The van der Waals surface area contributed by atoms with Crippen molar-refractivity contribution < 1.29 is 19.2 Å². The van der Waals surface area contributed by atoms with Gasteiger partial charge in [0.25, 0.3) is 17.7 Å². The van der Waals surface area contributed by atoms with Gasteiger partial charge in [-0.2, -0.15) is 5.01 Å². The van der Waals surface area contributed by atoms with Crippen LogP contribution in [0, 0.1) is 0 Å². The predicted octanol–water partition coefficient (Wildman–Crippen LogP) is 9.23. The summed E-state index contributed by atoms with van der Waals surface area (Å²) in [7, 11) is 0. The van der Waals surface area contributed by atoms with Gasteiger partial charge < -0.3 is 0 Å². The first-order valence-electron chi connectivity index (χ1n) is 10.8. The lowest BCUT2D eigenvalue weighted by Gasteiger charge is -2.36. The van der Waals surface area contributed by atoms with Crippen molar-refractivity contribution in [1.29, 1.82) is 0 Å². The van der Waals surface area contributed by atoms with Gasteiger partial charge in [-0.15, -0.1) is 11.6 Å². The molecule has 0 aliphatic carbocycles. The third-order valence-corrected chi connectivity index (χ3v) is 11.6. The second-order valence-electron chi connectivity index (χ2n) is 8.07. The fourth-order valence-corrected chi connectivity index (χ4v) is 7.24. The Kier molecular flexibility index (Phi) is 9.91. The first-order valence-corrected chi connectivity index (χ1v) is 15.6. The van der Waals surface area contributed by atoms with Crippen LogP contribution < -0.4 is 0 Å². The number of amides is 3. The van der Waals surface area contributed by atoms with Gasteiger partial charge in [-0.05, 0) is 113 Å². The summed E-state index contributed by atoms with van der Waals surface area (Å²) in [4.78, 5) is 55.7. The van der Waals surface area contributed by atoms with Crippen LogP contribution in [0.2, 0.25) is 15.1 Å². The first-order chi connectivity index (χ1) is 18.4. The van der Waals surface area contributed by atoms with Gasteiger partial charge in [0, 0.05) is 39.4 Å². The summed E-state index contributed by atoms with van der Waals surface area (Å²) in [6, 6.07) is 8.74. The zero-order valence-electron chi connectivity index (χ0n) is 19.1. The second kappa shape index (κ2) is 12.5. The first kappa shape index (κ1) is 31.0. The fraction of sp³-hybridized carbons (Fsp3) is 0.120. The van der Waals surface area contributed by atoms with E-state index in [0.717, 1.165) is 5.01 Å². The van der Waals surface area contributed by atoms with Crippen molar-refractivity contribution in [2.75, 3.05) is 5.88 Å². The summed E-state index contributed by atoms with van der Waals surface area (Å²) in [5, 5.41) is 2.09. The van der Waals surface area contributed by atoms with Gasteiger partial charge in [0.2, 0.25) is 0 Å². The van der Waals surface area contributed by atoms with Gasteiger partial charge in [-0.3, -0.25) is 19.2 Å². The number of hydrogen-bond donors (Lipinski definition) is 0. The van der Waals surface area contributed by atoms with Crippen LogP contribution in [-0.4, -0.2) is 45.4 Å². The molecule has 1 heterocycles. The number of hydrazine groups is 1. The van der Waals surface area contributed by atoms with Crippen LogP contribution in [0.15, 0.2) is 60.4 Å². The maximum Gasteiger partial charge on any atom is 0.282 e. The number of rotatable bonds is 7. The van der Waals surface area contributed by atoms with Crippen molar-refractivity contribution in [2.24, 2.45) is 0 Å². The van der Waals surface area contributed by atoms with E-state index in [1.807, 2.05) is 0 Å². The van der Waals surface area contributed by atoms with Gasteiger partial charge in [-0.25, -0.2) is 5.01 Å². The Labute approximate surface area is 276 Å². The Hall–Kier alpha value is -0.980. The number of halogens is 8. The molecule has 14 heteroatoms. The molecule has 39 heavy (non-hydrogen) atoms. The molecule has 0 unspecified atom stereocenters.